The van der Waals surface area contributed by atoms with Crippen molar-refractivity contribution in [1.82, 2.24) is 33.2 Å². The van der Waals surface area contributed by atoms with Crippen molar-refractivity contribution < 1.29 is 16.8 Å². The van der Waals surface area contributed by atoms with E-state index in [9.17, 15) is 22.1 Å². The second-order valence-corrected chi connectivity index (χ2v) is 10.0. The lowest BCUT2D eigenvalue weighted by atomic mass is 9.89. The highest BCUT2D eigenvalue weighted by Gasteiger charge is 2.51. The predicted molar refractivity (Wildman–Crippen MR) is 104 cm³/mol. The fourth-order valence-corrected chi connectivity index (χ4v) is 5.78. The zero-order valence-corrected chi connectivity index (χ0v) is 16.9. The Morgan fingerprint density at radius 1 is 1.30 bits per heavy atom. The summed E-state index contributed by atoms with van der Waals surface area (Å²) in [6, 6.07) is 3.79. The molecule has 158 valence electrons. The number of aromatic nitrogens is 5. The van der Waals surface area contributed by atoms with E-state index in [-0.39, 0.29) is 25.3 Å². The van der Waals surface area contributed by atoms with Crippen LogP contribution in [0.2, 0.25) is 0 Å². The number of H-pyrrole nitrogens is 1. The van der Waals surface area contributed by atoms with E-state index in [0.29, 0.717) is 22.3 Å². The third-order valence-corrected chi connectivity index (χ3v) is 7.46. The van der Waals surface area contributed by atoms with Crippen molar-refractivity contribution in [3.05, 3.63) is 24.8 Å². The molecule has 1 aliphatic heterocycles. The van der Waals surface area contributed by atoms with Crippen LogP contribution in [0.25, 0.3) is 22.3 Å². The maximum absolute atomic E-state index is 12.2. The Morgan fingerprint density at radius 3 is 2.70 bits per heavy atom. The van der Waals surface area contributed by atoms with E-state index < -0.39 is 26.0 Å². The average molecular weight is 452 g/mol. The smallest absolute Gasteiger partial charge is 0.293 e. The van der Waals surface area contributed by atoms with E-state index >= 15 is 0 Å². The third-order valence-electron chi connectivity index (χ3n) is 4.75. The number of rotatable bonds is 6. The molecule has 0 aromatic carbocycles. The Kier molecular flexibility index (Phi) is 4.52. The van der Waals surface area contributed by atoms with Gasteiger partial charge in [0.1, 0.15) is 17.5 Å². The van der Waals surface area contributed by atoms with Crippen LogP contribution in [-0.4, -0.2) is 59.0 Å². The number of hydrogen-bond acceptors (Lipinski definition) is 9. The van der Waals surface area contributed by atoms with E-state index in [1.807, 2.05) is 6.07 Å². The normalized spacial score (nSPS) is 16.9. The topological polar surface area (TPSA) is 219 Å². The Balaban J connectivity index is 1.69. The van der Waals surface area contributed by atoms with Crippen molar-refractivity contribution in [2.45, 2.75) is 12.0 Å². The molecule has 1 aliphatic rings. The molecule has 0 aliphatic carbocycles. The van der Waals surface area contributed by atoms with Gasteiger partial charge in [0.05, 0.1) is 23.7 Å². The van der Waals surface area contributed by atoms with Crippen LogP contribution in [0, 0.1) is 11.3 Å². The maximum atomic E-state index is 12.2. The van der Waals surface area contributed by atoms with E-state index in [4.69, 9.17) is 10.9 Å². The first-order valence-corrected chi connectivity index (χ1v) is 11.4. The van der Waals surface area contributed by atoms with Crippen LogP contribution in [0.4, 0.5) is 5.82 Å². The van der Waals surface area contributed by atoms with Crippen molar-refractivity contribution in [2.24, 2.45) is 5.14 Å². The Hall–Kier alpha value is -3.10. The van der Waals surface area contributed by atoms with Gasteiger partial charge in [-0.1, -0.05) is 4.13 Å². The van der Waals surface area contributed by atoms with Gasteiger partial charge < -0.3 is 10.7 Å². The molecule has 1 fully saturated rings. The number of nitrogens with zero attached hydrogens (tertiary/aromatic N) is 6. The van der Waals surface area contributed by atoms with Crippen LogP contribution in [0.3, 0.4) is 0 Å². The van der Waals surface area contributed by atoms with E-state index in [1.165, 1.54) is 15.1 Å². The first kappa shape index (κ1) is 20.2. The molecule has 3 aromatic rings. The van der Waals surface area contributed by atoms with Gasteiger partial charge in [-0.15, -0.1) is 0 Å². The van der Waals surface area contributed by atoms with Crippen molar-refractivity contribution in [2.75, 3.05) is 18.8 Å². The molecule has 14 nitrogen and oxygen atoms in total. The van der Waals surface area contributed by atoms with Gasteiger partial charge in [0.2, 0.25) is 0 Å². The van der Waals surface area contributed by atoms with Crippen LogP contribution < -0.4 is 15.0 Å². The summed E-state index contributed by atoms with van der Waals surface area (Å²) < 4.78 is 50.2. The van der Waals surface area contributed by atoms with Crippen LogP contribution in [0.15, 0.2) is 24.8 Å². The second kappa shape index (κ2) is 6.72. The monoisotopic (exact) mass is 452 g/mol. The molecule has 16 heteroatoms. The van der Waals surface area contributed by atoms with E-state index in [0.717, 1.165) is 4.31 Å². The highest BCUT2D eigenvalue weighted by atomic mass is 32.3. The third kappa shape index (κ3) is 3.38. The second-order valence-electron chi connectivity index (χ2n) is 6.80. The molecule has 0 atom stereocenters. The summed E-state index contributed by atoms with van der Waals surface area (Å²) in [5, 5.41) is 19.0. The number of nitrogens with one attached hydrogen (secondary N) is 2. The molecule has 30 heavy (non-hydrogen) atoms. The average Bonchev–Trinajstić information content (AvgIpc) is 3.21. The standard InChI is InChI=1S/C14H16N10O4S2/c15-3-2-14(6-23(7-14)30(27,28)22-29(17,25)26)24-5-10(12(16)21-24)11-9-1-4-18-13(9)20-8-19-11/h1,4-5,8,22H,2,6-7H2,(H2,16,21)(H2,17,25,26)(H,18,19,20). The zero-order valence-electron chi connectivity index (χ0n) is 15.2. The van der Waals surface area contributed by atoms with Crippen molar-refractivity contribution in [3.63, 3.8) is 0 Å². The first-order valence-electron chi connectivity index (χ1n) is 8.37. The summed E-state index contributed by atoms with van der Waals surface area (Å²) in [4.78, 5) is 11.3. The molecule has 6 N–H and O–H groups in total. The van der Waals surface area contributed by atoms with Gasteiger partial charge in [-0.05, 0) is 6.07 Å². The highest BCUT2D eigenvalue weighted by Crippen LogP contribution is 2.37. The van der Waals surface area contributed by atoms with Gasteiger partial charge in [-0.2, -0.15) is 31.5 Å². The molecule has 0 bridgehead atoms. The van der Waals surface area contributed by atoms with Crippen LogP contribution in [-0.2, 0) is 26.0 Å². The summed E-state index contributed by atoms with van der Waals surface area (Å²) in [6.07, 6.45) is 4.57. The quantitative estimate of drug-likeness (QED) is 0.336. The maximum Gasteiger partial charge on any atom is 0.293 e. The summed E-state index contributed by atoms with van der Waals surface area (Å²) in [5.74, 6) is 0.137. The number of nitrogens with two attached hydrogens (primary N) is 2. The van der Waals surface area contributed by atoms with E-state index in [1.54, 1.807) is 18.5 Å². The lowest BCUT2D eigenvalue weighted by Gasteiger charge is -2.47. The molecule has 0 unspecified atom stereocenters. The van der Waals surface area contributed by atoms with Crippen molar-refractivity contribution in [3.8, 4) is 17.3 Å². The van der Waals surface area contributed by atoms with Crippen LogP contribution in [0.5, 0.6) is 0 Å². The summed E-state index contributed by atoms with van der Waals surface area (Å²) in [6.45, 7) is -0.398. The summed E-state index contributed by atoms with van der Waals surface area (Å²) in [7, 11) is -8.87. The Morgan fingerprint density at radius 2 is 2.03 bits per heavy atom. The molecule has 4 rings (SSSR count). The fourth-order valence-electron chi connectivity index (χ4n) is 3.36. The molecule has 0 saturated carbocycles. The number of nitrogen functional groups attached to an aromatic ring is 1. The Bertz CT molecular complexity index is 1380. The minimum absolute atomic E-state index is 0.0850. The minimum Gasteiger partial charge on any atom is -0.382 e. The van der Waals surface area contributed by atoms with Gasteiger partial charge >= 0.3 is 0 Å². The van der Waals surface area contributed by atoms with Gasteiger partial charge in [0.25, 0.3) is 20.4 Å². The number of anilines is 1. The lowest BCUT2D eigenvalue weighted by Crippen LogP contribution is -2.66. The van der Waals surface area contributed by atoms with Crippen molar-refractivity contribution >= 4 is 37.3 Å². The van der Waals surface area contributed by atoms with Crippen LogP contribution >= 0.6 is 0 Å². The van der Waals surface area contributed by atoms with Gasteiger partial charge in [0, 0.05) is 30.9 Å². The number of nitriles is 1. The summed E-state index contributed by atoms with van der Waals surface area (Å²) >= 11 is 0. The zero-order chi connectivity index (χ0) is 21.7. The largest absolute Gasteiger partial charge is 0.382 e. The molecule has 0 spiro atoms. The molecular formula is C14H16N10O4S2. The lowest BCUT2D eigenvalue weighted by molar-refractivity contribution is 0.0716. The van der Waals surface area contributed by atoms with E-state index in [2.05, 4.69) is 20.1 Å². The molecule has 4 heterocycles. The SMILES string of the molecule is N#CCC1(n2cc(-c3ncnc4[nH]ccc34)c(N)n2)CN(S(=O)(=O)NS(N)(=O)=O)C1. The van der Waals surface area contributed by atoms with Crippen molar-refractivity contribution in [1.29, 1.82) is 5.26 Å². The number of fused-ring (bicyclic) bond motifs is 1. The van der Waals surface area contributed by atoms with Gasteiger partial charge in [0.15, 0.2) is 5.82 Å². The predicted octanol–water partition coefficient (Wildman–Crippen LogP) is -1.63. The molecule has 1 saturated heterocycles. The molecular weight excluding hydrogens is 436 g/mol. The molecule has 0 amide bonds. The first-order chi connectivity index (χ1) is 14.0. The molecule has 3 aromatic heterocycles. The number of hydrogen-bond donors (Lipinski definition) is 4. The molecule has 0 radical (unpaired) electrons. The number of aromatic amines is 1. The van der Waals surface area contributed by atoms with Crippen LogP contribution in [0.1, 0.15) is 6.42 Å². The van der Waals surface area contributed by atoms with Gasteiger partial charge in [-0.3, -0.25) is 4.68 Å². The fraction of sp³-hybridized carbons (Fsp3) is 0.286. The summed E-state index contributed by atoms with van der Waals surface area (Å²) in [5.41, 5.74) is 6.67. The highest BCUT2D eigenvalue weighted by molar-refractivity contribution is 8.02. The van der Waals surface area contributed by atoms with Gasteiger partial charge in [-0.25, -0.2) is 15.1 Å². The Labute approximate surface area is 170 Å². The minimum atomic E-state index is -4.48.